The third-order valence-corrected chi connectivity index (χ3v) is 3.48. The number of nitrogens with two attached hydrogens (primary N) is 1. The largest absolute Gasteiger partial charge is 0.399 e. The third kappa shape index (κ3) is 1.52. The van der Waals surface area contributed by atoms with Crippen LogP contribution in [0.25, 0.3) is 0 Å². The Morgan fingerprint density at radius 3 is 2.87 bits per heavy atom. The van der Waals surface area contributed by atoms with Crippen molar-refractivity contribution in [3.63, 3.8) is 0 Å². The van der Waals surface area contributed by atoms with Crippen LogP contribution >= 0.6 is 0 Å². The maximum Gasteiger partial charge on any atom is 0.144 e. The Labute approximate surface area is 90.8 Å². The zero-order valence-corrected chi connectivity index (χ0v) is 9.58. The summed E-state index contributed by atoms with van der Waals surface area (Å²) < 4.78 is 5.64. The van der Waals surface area contributed by atoms with Crippen molar-refractivity contribution >= 4 is 5.69 Å². The van der Waals surface area contributed by atoms with E-state index in [1.807, 2.05) is 12.1 Å². The van der Waals surface area contributed by atoms with Crippen molar-refractivity contribution in [2.75, 3.05) is 26.4 Å². The van der Waals surface area contributed by atoms with Crippen molar-refractivity contribution in [2.45, 2.75) is 19.1 Å². The molecule has 1 aromatic rings. The lowest BCUT2D eigenvalue weighted by Crippen LogP contribution is -2.47. The molecule has 1 aromatic carbocycles. The third-order valence-electron chi connectivity index (χ3n) is 3.48. The van der Waals surface area contributed by atoms with Gasteiger partial charge in [0.05, 0.1) is 0 Å². The van der Waals surface area contributed by atoms with Crippen LogP contribution in [-0.4, -0.2) is 25.6 Å². The van der Waals surface area contributed by atoms with E-state index in [0.717, 1.165) is 18.7 Å². The summed E-state index contributed by atoms with van der Waals surface area (Å²) in [6.45, 7) is 3.10. The predicted octanol–water partition coefficient (Wildman–Crippen LogP) is 1.58. The smallest absolute Gasteiger partial charge is 0.144 e. The highest BCUT2D eigenvalue weighted by Gasteiger charge is 2.36. The monoisotopic (exact) mass is 206 g/mol. The Kier molecular flexibility index (Phi) is 2.44. The Hall–Kier alpha value is -1.06. The average Bonchev–Trinajstić information content (AvgIpc) is 2.24. The first-order valence-electron chi connectivity index (χ1n) is 5.23. The minimum absolute atomic E-state index is 0.344. The molecule has 2 N–H and O–H groups in total. The summed E-state index contributed by atoms with van der Waals surface area (Å²) in [6, 6.07) is 6.09. The molecule has 1 unspecified atom stereocenters. The first kappa shape index (κ1) is 10.5. The van der Waals surface area contributed by atoms with Crippen molar-refractivity contribution in [3.05, 3.63) is 29.3 Å². The molecule has 1 atom stereocenters. The van der Waals surface area contributed by atoms with Gasteiger partial charge in [-0.15, -0.1) is 0 Å². The molecular weight excluding hydrogens is 188 g/mol. The number of anilines is 1. The lowest BCUT2D eigenvalue weighted by molar-refractivity contribution is -0.124. The summed E-state index contributed by atoms with van der Waals surface area (Å²) in [5.41, 5.74) is 8.82. The van der Waals surface area contributed by atoms with Gasteiger partial charge in [0.25, 0.3) is 0 Å². The molecule has 15 heavy (non-hydrogen) atoms. The molecule has 1 aliphatic heterocycles. The fourth-order valence-corrected chi connectivity index (χ4v) is 2.22. The van der Waals surface area contributed by atoms with Gasteiger partial charge in [0.2, 0.25) is 0 Å². The zero-order chi connectivity index (χ0) is 11.1. The lowest BCUT2D eigenvalue weighted by Gasteiger charge is -2.42. The van der Waals surface area contributed by atoms with Gasteiger partial charge in [-0.2, -0.15) is 0 Å². The number of methoxy groups -OCH3 is 1. The molecule has 0 saturated carbocycles. The molecule has 3 nitrogen and oxygen atoms in total. The SMILES string of the molecule is COC1(C)c2cc(N)ccc2CCN1C. The van der Waals surface area contributed by atoms with Crippen LogP contribution in [0.4, 0.5) is 5.69 Å². The molecule has 1 heterocycles. The summed E-state index contributed by atoms with van der Waals surface area (Å²) in [6.07, 6.45) is 1.06. The first-order chi connectivity index (χ1) is 7.08. The van der Waals surface area contributed by atoms with E-state index in [-0.39, 0.29) is 5.72 Å². The zero-order valence-electron chi connectivity index (χ0n) is 9.58. The quantitative estimate of drug-likeness (QED) is 0.709. The minimum atomic E-state index is -0.344. The predicted molar refractivity (Wildman–Crippen MR) is 61.5 cm³/mol. The second-order valence-corrected chi connectivity index (χ2v) is 4.28. The summed E-state index contributed by atoms with van der Waals surface area (Å²) in [4.78, 5) is 2.22. The number of rotatable bonds is 1. The normalized spacial score (nSPS) is 26.3. The number of likely N-dealkylation sites (N-methyl/N-ethyl adjacent to an activating group) is 1. The van der Waals surface area contributed by atoms with Crippen LogP contribution in [0.1, 0.15) is 18.1 Å². The Bertz CT molecular complexity index is 378. The topological polar surface area (TPSA) is 38.5 Å². The number of hydrogen-bond donors (Lipinski definition) is 1. The van der Waals surface area contributed by atoms with Crippen LogP contribution in [0.2, 0.25) is 0 Å². The maximum absolute atomic E-state index is 5.83. The van der Waals surface area contributed by atoms with E-state index in [1.54, 1.807) is 7.11 Å². The maximum atomic E-state index is 5.83. The van der Waals surface area contributed by atoms with E-state index in [9.17, 15) is 0 Å². The van der Waals surface area contributed by atoms with E-state index < -0.39 is 0 Å². The van der Waals surface area contributed by atoms with Crippen molar-refractivity contribution < 1.29 is 4.74 Å². The van der Waals surface area contributed by atoms with E-state index >= 15 is 0 Å². The molecule has 0 aliphatic carbocycles. The van der Waals surface area contributed by atoms with Gasteiger partial charge in [0, 0.05) is 24.9 Å². The van der Waals surface area contributed by atoms with E-state index in [2.05, 4.69) is 24.9 Å². The van der Waals surface area contributed by atoms with Crippen molar-refractivity contribution in [1.82, 2.24) is 4.90 Å². The standard InChI is InChI=1S/C12H18N2O/c1-12(15-3)11-8-10(13)5-4-9(11)6-7-14(12)2/h4-5,8H,6-7,13H2,1-3H3. The fourth-order valence-electron chi connectivity index (χ4n) is 2.22. The minimum Gasteiger partial charge on any atom is -0.399 e. The molecule has 0 amide bonds. The van der Waals surface area contributed by atoms with Crippen LogP contribution in [0.15, 0.2) is 18.2 Å². The van der Waals surface area contributed by atoms with Gasteiger partial charge in [-0.1, -0.05) is 6.07 Å². The number of nitrogens with zero attached hydrogens (tertiary/aromatic N) is 1. The molecule has 1 aliphatic rings. The van der Waals surface area contributed by atoms with Crippen molar-refractivity contribution in [2.24, 2.45) is 0 Å². The highest BCUT2D eigenvalue weighted by molar-refractivity contribution is 5.47. The Morgan fingerprint density at radius 2 is 2.20 bits per heavy atom. The van der Waals surface area contributed by atoms with Crippen LogP contribution in [0, 0.1) is 0 Å². The summed E-state index contributed by atoms with van der Waals surface area (Å²) in [5, 5.41) is 0. The molecule has 0 spiro atoms. The lowest BCUT2D eigenvalue weighted by atomic mass is 9.90. The molecule has 0 aromatic heterocycles. The van der Waals surface area contributed by atoms with E-state index in [4.69, 9.17) is 10.5 Å². The van der Waals surface area contributed by atoms with Gasteiger partial charge >= 0.3 is 0 Å². The molecule has 0 bridgehead atoms. The summed E-state index contributed by atoms with van der Waals surface area (Å²) in [5.74, 6) is 0. The summed E-state index contributed by atoms with van der Waals surface area (Å²) >= 11 is 0. The summed E-state index contributed by atoms with van der Waals surface area (Å²) in [7, 11) is 3.82. The van der Waals surface area contributed by atoms with Crippen LogP contribution in [-0.2, 0) is 16.9 Å². The second kappa shape index (κ2) is 3.51. The highest BCUT2D eigenvalue weighted by atomic mass is 16.5. The first-order valence-corrected chi connectivity index (χ1v) is 5.23. The van der Waals surface area contributed by atoms with Gasteiger partial charge in [-0.05, 0) is 38.1 Å². The second-order valence-electron chi connectivity index (χ2n) is 4.28. The van der Waals surface area contributed by atoms with Gasteiger partial charge in [-0.3, -0.25) is 4.90 Å². The Morgan fingerprint density at radius 1 is 1.47 bits per heavy atom. The number of hydrogen-bond acceptors (Lipinski definition) is 3. The number of nitrogen functional groups attached to an aromatic ring is 1. The molecule has 0 radical (unpaired) electrons. The van der Waals surface area contributed by atoms with Crippen LogP contribution in [0.3, 0.4) is 0 Å². The molecule has 82 valence electrons. The fraction of sp³-hybridized carbons (Fsp3) is 0.500. The number of ether oxygens (including phenoxy) is 1. The van der Waals surface area contributed by atoms with Gasteiger partial charge in [0.1, 0.15) is 5.72 Å². The number of benzene rings is 1. The average molecular weight is 206 g/mol. The molecule has 2 rings (SSSR count). The molecule has 0 saturated heterocycles. The highest BCUT2D eigenvalue weighted by Crippen LogP contribution is 2.35. The molecule has 3 heteroatoms. The van der Waals surface area contributed by atoms with Crippen molar-refractivity contribution in [3.8, 4) is 0 Å². The number of fused-ring (bicyclic) bond motifs is 1. The van der Waals surface area contributed by atoms with Crippen LogP contribution in [0.5, 0.6) is 0 Å². The van der Waals surface area contributed by atoms with Crippen molar-refractivity contribution in [1.29, 1.82) is 0 Å². The van der Waals surface area contributed by atoms with E-state index in [1.165, 1.54) is 11.1 Å². The Balaban J connectivity index is 2.56. The van der Waals surface area contributed by atoms with Gasteiger partial charge in [0.15, 0.2) is 0 Å². The van der Waals surface area contributed by atoms with Gasteiger partial charge in [-0.25, -0.2) is 0 Å². The molecule has 0 fully saturated rings. The van der Waals surface area contributed by atoms with Gasteiger partial charge < -0.3 is 10.5 Å². The van der Waals surface area contributed by atoms with Crippen LogP contribution < -0.4 is 5.73 Å². The van der Waals surface area contributed by atoms with E-state index in [0.29, 0.717) is 0 Å². The molecular formula is C12H18N2O.